The molecule has 76 valence electrons. The minimum absolute atomic E-state index is 0.132. The molecule has 0 spiro atoms. The van der Waals surface area contributed by atoms with Crippen molar-refractivity contribution in [2.45, 2.75) is 12.8 Å². The van der Waals surface area contributed by atoms with Crippen molar-refractivity contribution in [1.82, 2.24) is 4.90 Å². The van der Waals surface area contributed by atoms with Crippen LogP contribution in [-0.2, 0) is 14.3 Å². The average molecular weight is 195 g/mol. The molecule has 1 heterocycles. The van der Waals surface area contributed by atoms with Gasteiger partial charge in [0.15, 0.2) is 0 Å². The lowest BCUT2D eigenvalue weighted by molar-refractivity contribution is -0.134. The SMILES string of the molecule is COC(=O)/C=C/C=C\N1CCCC1=O. The second-order valence-corrected chi connectivity index (χ2v) is 2.91. The second-order valence-electron chi connectivity index (χ2n) is 2.91. The van der Waals surface area contributed by atoms with Gasteiger partial charge in [0.2, 0.25) is 5.91 Å². The largest absolute Gasteiger partial charge is 0.466 e. The molecule has 0 radical (unpaired) electrons. The molecule has 0 aromatic heterocycles. The highest BCUT2D eigenvalue weighted by atomic mass is 16.5. The molecular formula is C10H13NO3. The monoisotopic (exact) mass is 195 g/mol. The zero-order valence-corrected chi connectivity index (χ0v) is 8.10. The van der Waals surface area contributed by atoms with E-state index in [1.807, 2.05) is 0 Å². The molecule has 0 N–H and O–H groups in total. The first-order valence-corrected chi connectivity index (χ1v) is 4.46. The van der Waals surface area contributed by atoms with Crippen LogP contribution >= 0.6 is 0 Å². The topological polar surface area (TPSA) is 46.6 Å². The summed E-state index contributed by atoms with van der Waals surface area (Å²) in [6, 6.07) is 0. The Morgan fingerprint density at radius 3 is 2.86 bits per heavy atom. The number of hydrogen-bond acceptors (Lipinski definition) is 3. The Balaban J connectivity index is 2.36. The van der Waals surface area contributed by atoms with Crippen molar-refractivity contribution in [3.8, 4) is 0 Å². The van der Waals surface area contributed by atoms with Gasteiger partial charge in [-0.3, -0.25) is 4.79 Å². The van der Waals surface area contributed by atoms with Crippen molar-refractivity contribution in [2.75, 3.05) is 13.7 Å². The Morgan fingerprint density at radius 2 is 2.29 bits per heavy atom. The summed E-state index contributed by atoms with van der Waals surface area (Å²) in [6.07, 6.45) is 7.71. The van der Waals surface area contributed by atoms with Gasteiger partial charge in [0.1, 0.15) is 0 Å². The summed E-state index contributed by atoms with van der Waals surface area (Å²) in [5.74, 6) is -0.268. The molecule has 1 aliphatic heterocycles. The summed E-state index contributed by atoms with van der Waals surface area (Å²) < 4.78 is 4.40. The zero-order valence-electron chi connectivity index (χ0n) is 8.10. The Bertz CT molecular complexity index is 281. The first-order valence-electron chi connectivity index (χ1n) is 4.46. The number of hydrogen-bond donors (Lipinski definition) is 0. The smallest absolute Gasteiger partial charge is 0.330 e. The van der Waals surface area contributed by atoms with Gasteiger partial charge in [-0.1, -0.05) is 6.08 Å². The lowest BCUT2D eigenvalue weighted by atomic mass is 10.4. The van der Waals surface area contributed by atoms with E-state index < -0.39 is 5.97 Å². The van der Waals surface area contributed by atoms with Gasteiger partial charge in [-0.05, 0) is 12.5 Å². The summed E-state index contributed by atoms with van der Waals surface area (Å²) in [4.78, 5) is 23.4. The number of likely N-dealkylation sites (tertiary alicyclic amines) is 1. The van der Waals surface area contributed by atoms with Gasteiger partial charge >= 0.3 is 5.97 Å². The molecule has 1 amide bonds. The summed E-state index contributed by atoms with van der Waals surface area (Å²) in [6.45, 7) is 0.765. The van der Waals surface area contributed by atoms with E-state index in [0.717, 1.165) is 13.0 Å². The van der Waals surface area contributed by atoms with E-state index in [1.54, 1.807) is 23.3 Å². The van der Waals surface area contributed by atoms with E-state index in [9.17, 15) is 9.59 Å². The number of amides is 1. The van der Waals surface area contributed by atoms with Gasteiger partial charge < -0.3 is 9.64 Å². The Hall–Kier alpha value is -1.58. The maximum Gasteiger partial charge on any atom is 0.330 e. The third-order valence-corrected chi connectivity index (χ3v) is 1.92. The molecule has 1 saturated heterocycles. The molecule has 0 aromatic rings. The third-order valence-electron chi connectivity index (χ3n) is 1.92. The van der Waals surface area contributed by atoms with Crippen molar-refractivity contribution in [2.24, 2.45) is 0 Å². The second kappa shape index (κ2) is 5.21. The number of carbonyl (C=O) groups excluding carboxylic acids is 2. The molecule has 0 unspecified atom stereocenters. The summed E-state index contributed by atoms with van der Waals surface area (Å²) in [5, 5.41) is 0. The minimum Gasteiger partial charge on any atom is -0.466 e. The fourth-order valence-corrected chi connectivity index (χ4v) is 1.18. The minimum atomic E-state index is -0.401. The highest BCUT2D eigenvalue weighted by Gasteiger charge is 2.16. The number of rotatable bonds is 3. The van der Waals surface area contributed by atoms with Crippen LogP contribution in [0, 0.1) is 0 Å². The third kappa shape index (κ3) is 3.05. The van der Waals surface area contributed by atoms with Gasteiger partial charge in [-0.2, -0.15) is 0 Å². The molecule has 0 aliphatic carbocycles. The Morgan fingerprint density at radius 1 is 1.50 bits per heavy atom. The standard InChI is InChI=1S/C10H13NO3/c1-14-10(13)6-2-3-7-11-8-4-5-9(11)12/h2-3,6-7H,4-5,8H2,1H3/b6-2+,7-3-. The van der Waals surface area contributed by atoms with E-state index >= 15 is 0 Å². The van der Waals surface area contributed by atoms with Gasteiger partial charge in [-0.15, -0.1) is 0 Å². The van der Waals surface area contributed by atoms with Crippen LogP contribution in [0.2, 0.25) is 0 Å². The zero-order chi connectivity index (χ0) is 10.4. The summed E-state index contributed by atoms with van der Waals surface area (Å²) in [5.41, 5.74) is 0. The maximum absolute atomic E-state index is 11.1. The van der Waals surface area contributed by atoms with Gasteiger partial charge in [0.25, 0.3) is 0 Å². The number of esters is 1. The van der Waals surface area contributed by atoms with Crippen LogP contribution < -0.4 is 0 Å². The molecule has 4 heteroatoms. The van der Waals surface area contributed by atoms with E-state index in [2.05, 4.69) is 4.74 Å². The van der Waals surface area contributed by atoms with Crippen LogP contribution in [-0.4, -0.2) is 30.4 Å². The number of carbonyl (C=O) groups is 2. The Labute approximate surface area is 82.8 Å². The van der Waals surface area contributed by atoms with Gasteiger partial charge in [0.05, 0.1) is 7.11 Å². The van der Waals surface area contributed by atoms with Crippen molar-refractivity contribution < 1.29 is 14.3 Å². The molecular weight excluding hydrogens is 182 g/mol. The van der Waals surface area contributed by atoms with Crippen LogP contribution in [0.1, 0.15) is 12.8 Å². The van der Waals surface area contributed by atoms with Crippen molar-refractivity contribution in [3.63, 3.8) is 0 Å². The predicted octanol–water partition coefficient (Wildman–Crippen LogP) is 0.852. The quantitative estimate of drug-likeness (QED) is 0.381. The van der Waals surface area contributed by atoms with Crippen molar-refractivity contribution in [1.29, 1.82) is 0 Å². The van der Waals surface area contributed by atoms with Crippen LogP contribution in [0.3, 0.4) is 0 Å². The van der Waals surface area contributed by atoms with E-state index in [0.29, 0.717) is 6.42 Å². The van der Waals surface area contributed by atoms with Gasteiger partial charge in [0, 0.05) is 25.2 Å². The number of methoxy groups -OCH3 is 1. The van der Waals surface area contributed by atoms with E-state index in [1.165, 1.54) is 13.2 Å². The molecule has 1 aliphatic rings. The van der Waals surface area contributed by atoms with Crippen LogP contribution in [0.25, 0.3) is 0 Å². The summed E-state index contributed by atoms with van der Waals surface area (Å²) >= 11 is 0. The van der Waals surface area contributed by atoms with Gasteiger partial charge in [-0.25, -0.2) is 4.79 Å². The molecule has 1 rings (SSSR count). The molecule has 14 heavy (non-hydrogen) atoms. The Kier molecular flexibility index (Phi) is 3.91. The fourth-order valence-electron chi connectivity index (χ4n) is 1.18. The molecule has 0 atom stereocenters. The molecule has 0 bridgehead atoms. The van der Waals surface area contributed by atoms with Crippen LogP contribution in [0.15, 0.2) is 24.4 Å². The van der Waals surface area contributed by atoms with Crippen LogP contribution in [0.4, 0.5) is 0 Å². The molecule has 1 fully saturated rings. The highest BCUT2D eigenvalue weighted by molar-refractivity contribution is 5.82. The van der Waals surface area contributed by atoms with Crippen molar-refractivity contribution >= 4 is 11.9 Å². The first-order chi connectivity index (χ1) is 6.74. The van der Waals surface area contributed by atoms with Crippen molar-refractivity contribution in [3.05, 3.63) is 24.4 Å². The maximum atomic E-state index is 11.1. The first kappa shape index (κ1) is 10.5. The lowest BCUT2D eigenvalue weighted by Gasteiger charge is -2.06. The normalized spacial score (nSPS) is 17.2. The highest BCUT2D eigenvalue weighted by Crippen LogP contribution is 2.09. The average Bonchev–Trinajstić information content (AvgIpc) is 2.58. The molecule has 0 saturated carbocycles. The van der Waals surface area contributed by atoms with Crippen LogP contribution in [0.5, 0.6) is 0 Å². The molecule has 4 nitrogen and oxygen atoms in total. The van der Waals surface area contributed by atoms with E-state index in [4.69, 9.17) is 0 Å². The lowest BCUT2D eigenvalue weighted by Crippen LogP contribution is -2.16. The number of ether oxygens (including phenoxy) is 1. The summed E-state index contributed by atoms with van der Waals surface area (Å²) in [7, 11) is 1.32. The number of nitrogens with zero attached hydrogens (tertiary/aromatic N) is 1. The predicted molar refractivity (Wildman–Crippen MR) is 51.2 cm³/mol. The molecule has 0 aromatic carbocycles. The van der Waals surface area contributed by atoms with E-state index in [-0.39, 0.29) is 5.91 Å². The number of allylic oxidation sites excluding steroid dienone is 2. The fraction of sp³-hybridized carbons (Fsp3) is 0.400.